The third-order valence-electron chi connectivity index (χ3n) is 6.69. The number of hydrogen-bond acceptors (Lipinski definition) is 1. The van der Waals surface area contributed by atoms with Gasteiger partial charge in [-0.25, -0.2) is 17.6 Å². The van der Waals surface area contributed by atoms with E-state index in [1.165, 1.54) is 24.8 Å². The zero-order chi connectivity index (χ0) is 25.3. The van der Waals surface area contributed by atoms with Crippen LogP contribution in [0, 0.1) is 29.2 Å². The Bertz CT molecular complexity index is 1150. The van der Waals surface area contributed by atoms with Gasteiger partial charge in [-0.15, -0.1) is 13.2 Å². The molecule has 0 aromatic heterocycles. The van der Waals surface area contributed by atoms with Gasteiger partial charge in [0.05, 0.1) is 5.56 Å². The molecule has 3 aromatic carbocycles. The second-order valence-electron chi connectivity index (χ2n) is 8.88. The van der Waals surface area contributed by atoms with Gasteiger partial charge in [-0.1, -0.05) is 37.6 Å². The first kappa shape index (κ1) is 25.1. The summed E-state index contributed by atoms with van der Waals surface area (Å²) in [5.41, 5.74) is 0.617. The molecule has 8 heteroatoms. The Morgan fingerprint density at radius 1 is 0.714 bits per heavy atom. The van der Waals surface area contributed by atoms with Gasteiger partial charge in [-0.05, 0) is 84.0 Å². The Labute approximate surface area is 198 Å². The fourth-order valence-electron chi connectivity index (χ4n) is 4.78. The molecule has 1 nitrogen and oxygen atoms in total. The van der Waals surface area contributed by atoms with E-state index < -0.39 is 46.5 Å². The minimum Gasteiger partial charge on any atom is -0.399 e. The fourth-order valence-corrected chi connectivity index (χ4v) is 4.78. The minimum atomic E-state index is -5.33. The SMILES string of the molecule is CCC1CCC(c2ccc(-c3cc(F)c(-c4cc(F)c(OC(F)(F)F)c(F)c4)c(F)c3)cc2)CC1. The number of rotatable bonds is 5. The summed E-state index contributed by atoms with van der Waals surface area (Å²) >= 11 is 0. The quantitative estimate of drug-likeness (QED) is 0.320. The second-order valence-corrected chi connectivity index (χ2v) is 8.88. The molecule has 1 saturated carbocycles. The van der Waals surface area contributed by atoms with Crippen molar-refractivity contribution < 1.29 is 35.5 Å². The molecule has 0 bridgehead atoms. The summed E-state index contributed by atoms with van der Waals surface area (Å²) in [6, 6.07) is 10.3. The van der Waals surface area contributed by atoms with Crippen molar-refractivity contribution in [1.29, 1.82) is 0 Å². The van der Waals surface area contributed by atoms with Crippen molar-refractivity contribution in [3.8, 4) is 28.0 Å². The largest absolute Gasteiger partial charge is 0.573 e. The third kappa shape index (κ3) is 5.63. The molecule has 3 aromatic rings. The van der Waals surface area contributed by atoms with E-state index >= 15 is 0 Å². The molecule has 0 atom stereocenters. The Morgan fingerprint density at radius 2 is 1.23 bits per heavy atom. The molecule has 0 heterocycles. The van der Waals surface area contributed by atoms with E-state index in [0.717, 1.165) is 30.9 Å². The highest BCUT2D eigenvalue weighted by Crippen LogP contribution is 2.39. The summed E-state index contributed by atoms with van der Waals surface area (Å²) in [5, 5.41) is 0. The predicted octanol–water partition coefficient (Wildman–Crippen LogP) is 9.16. The zero-order valence-corrected chi connectivity index (χ0v) is 18.9. The molecule has 0 amide bonds. The minimum absolute atomic E-state index is 0.225. The number of alkyl halides is 3. The summed E-state index contributed by atoms with van der Waals surface area (Å²) in [6.45, 7) is 2.20. The third-order valence-corrected chi connectivity index (χ3v) is 6.69. The van der Waals surface area contributed by atoms with Crippen LogP contribution in [0.5, 0.6) is 5.75 Å². The van der Waals surface area contributed by atoms with Crippen molar-refractivity contribution in [3.05, 3.63) is 77.4 Å². The van der Waals surface area contributed by atoms with Gasteiger partial charge in [0.2, 0.25) is 5.75 Å². The van der Waals surface area contributed by atoms with Gasteiger partial charge in [0.15, 0.2) is 11.6 Å². The number of halogens is 7. The molecule has 0 unspecified atom stereocenters. The van der Waals surface area contributed by atoms with Gasteiger partial charge in [0.1, 0.15) is 11.6 Å². The molecule has 186 valence electrons. The van der Waals surface area contributed by atoms with Crippen molar-refractivity contribution in [1.82, 2.24) is 0 Å². The highest BCUT2D eigenvalue weighted by Gasteiger charge is 2.34. The average Bonchev–Trinajstić information content (AvgIpc) is 2.80. The maximum atomic E-state index is 14.9. The molecule has 1 fully saturated rings. The average molecular weight is 496 g/mol. The van der Waals surface area contributed by atoms with Crippen molar-refractivity contribution >= 4 is 0 Å². The smallest absolute Gasteiger partial charge is 0.399 e. The zero-order valence-electron chi connectivity index (χ0n) is 18.9. The van der Waals surface area contributed by atoms with Gasteiger partial charge < -0.3 is 4.74 Å². The van der Waals surface area contributed by atoms with Crippen LogP contribution in [0.2, 0.25) is 0 Å². The Hall–Kier alpha value is -3.03. The van der Waals surface area contributed by atoms with Gasteiger partial charge >= 0.3 is 6.36 Å². The topological polar surface area (TPSA) is 9.23 Å². The Kier molecular flexibility index (Phi) is 7.10. The lowest BCUT2D eigenvalue weighted by Crippen LogP contribution is -2.19. The number of hydrogen-bond donors (Lipinski definition) is 0. The summed E-state index contributed by atoms with van der Waals surface area (Å²) in [7, 11) is 0. The van der Waals surface area contributed by atoms with Gasteiger partial charge in [0, 0.05) is 0 Å². The first-order chi connectivity index (χ1) is 16.6. The molecule has 0 saturated heterocycles. The number of ether oxygens (including phenoxy) is 1. The van der Waals surface area contributed by atoms with Gasteiger partial charge in [-0.2, -0.15) is 0 Å². The maximum absolute atomic E-state index is 14.9. The molecule has 1 aliphatic rings. The van der Waals surface area contributed by atoms with Crippen molar-refractivity contribution in [2.45, 2.75) is 51.3 Å². The molecule has 1 aliphatic carbocycles. The van der Waals surface area contributed by atoms with E-state index in [9.17, 15) is 30.7 Å². The molecular weight excluding hydrogens is 473 g/mol. The molecule has 0 spiro atoms. The van der Waals surface area contributed by atoms with E-state index in [2.05, 4.69) is 11.7 Å². The van der Waals surface area contributed by atoms with Crippen LogP contribution >= 0.6 is 0 Å². The van der Waals surface area contributed by atoms with E-state index in [1.807, 2.05) is 12.1 Å². The second kappa shape index (κ2) is 9.91. The first-order valence-corrected chi connectivity index (χ1v) is 11.4. The highest BCUT2D eigenvalue weighted by atomic mass is 19.4. The standard InChI is InChI=1S/C27H23F7O/c1-2-15-3-5-16(6-4-15)17-7-9-18(10-8-17)19-11-21(28)25(22(29)12-19)20-13-23(30)26(24(31)14-20)35-27(32,33)34/h7-16H,2-6H2,1H3. The van der Waals surface area contributed by atoms with Crippen LogP contribution in [0.3, 0.4) is 0 Å². The Morgan fingerprint density at radius 3 is 1.71 bits per heavy atom. The molecule has 0 aliphatic heterocycles. The van der Waals surface area contributed by atoms with E-state index in [-0.39, 0.29) is 5.56 Å². The van der Waals surface area contributed by atoms with Crippen LogP contribution < -0.4 is 4.74 Å². The van der Waals surface area contributed by atoms with E-state index in [0.29, 0.717) is 23.6 Å². The summed E-state index contributed by atoms with van der Waals surface area (Å²) in [6.07, 6.45) is 0.442. The normalized spacial score (nSPS) is 18.5. The maximum Gasteiger partial charge on any atom is 0.573 e. The number of benzene rings is 3. The van der Waals surface area contributed by atoms with Gasteiger partial charge in [-0.3, -0.25) is 0 Å². The summed E-state index contributed by atoms with van der Waals surface area (Å²) in [5.74, 6) is -6.15. The molecule has 0 radical (unpaired) electrons. The van der Waals surface area contributed by atoms with Crippen LogP contribution in [0.1, 0.15) is 50.5 Å². The predicted molar refractivity (Wildman–Crippen MR) is 119 cm³/mol. The van der Waals surface area contributed by atoms with Crippen LogP contribution in [0.15, 0.2) is 48.5 Å². The fraction of sp³-hybridized carbons (Fsp3) is 0.333. The van der Waals surface area contributed by atoms with Crippen LogP contribution in [0.4, 0.5) is 30.7 Å². The lowest BCUT2D eigenvalue weighted by molar-refractivity contribution is -0.276. The van der Waals surface area contributed by atoms with Gasteiger partial charge in [0.25, 0.3) is 0 Å². The first-order valence-electron chi connectivity index (χ1n) is 11.4. The molecule has 4 rings (SSSR count). The highest BCUT2D eigenvalue weighted by molar-refractivity contribution is 5.72. The lowest BCUT2D eigenvalue weighted by atomic mass is 9.77. The van der Waals surface area contributed by atoms with Crippen LogP contribution in [-0.4, -0.2) is 6.36 Å². The molecular formula is C27H23F7O. The van der Waals surface area contributed by atoms with Crippen molar-refractivity contribution in [3.63, 3.8) is 0 Å². The summed E-state index contributed by atoms with van der Waals surface area (Å²) < 4.78 is 98.2. The van der Waals surface area contributed by atoms with E-state index in [4.69, 9.17) is 0 Å². The van der Waals surface area contributed by atoms with Crippen molar-refractivity contribution in [2.75, 3.05) is 0 Å². The summed E-state index contributed by atoms with van der Waals surface area (Å²) in [4.78, 5) is 0. The molecule has 35 heavy (non-hydrogen) atoms. The Balaban J connectivity index is 1.59. The van der Waals surface area contributed by atoms with E-state index in [1.54, 1.807) is 12.1 Å². The molecule has 0 N–H and O–H groups in total. The van der Waals surface area contributed by atoms with Crippen LogP contribution in [-0.2, 0) is 0 Å². The van der Waals surface area contributed by atoms with Crippen molar-refractivity contribution in [2.24, 2.45) is 5.92 Å². The van der Waals surface area contributed by atoms with Crippen LogP contribution in [0.25, 0.3) is 22.3 Å². The lowest BCUT2D eigenvalue weighted by Gasteiger charge is -2.28. The monoisotopic (exact) mass is 496 g/mol.